The van der Waals surface area contributed by atoms with Crippen LogP contribution < -0.4 is 0 Å². The van der Waals surface area contributed by atoms with Crippen molar-refractivity contribution in [3.05, 3.63) is 0 Å². The number of sulfonamides is 1. The average molecular weight is 298 g/mol. The van der Waals surface area contributed by atoms with E-state index in [0.717, 1.165) is 12.8 Å². The summed E-state index contributed by atoms with van der Waals surface area (Å²) in [6.07, 6.45) is 8.45. The Balaban J connectivity index is 3.75. The molecular weight excluding hydrogens is 270 g/mol. The van der Waals surface area contributed by atoms with Crippen LogP contribution in [-0.2, 0) is 10.0 Å². The van der Waals surface area contributed by atoms with Gasteiger partial charge in [-0.15, -0.1) is 11.6 Å². The van der Waals surface area contributed by atoms with E-state index in [4.69, 9.17) is 11.6 Å². The van der Waals surface area contributed by atoms with Gasteiger partial charge in [-0.3, -0.25) is 0 Å². The van der Waals surface area contributed by atoms with Gasteiger partial charge in [-0.1, -0.05) is 52.4 Å². The highest BCUT2D eigenvalue weighted by molar-refractivity contribution is 7.89. The lowest BCUT2D eigenvalue weighted by atomic mass is 10.1. The highest BCUT2D eigenvalue weighted by Gasteiger charge is 2.18. The van der Waals surface area contributed by atoms with Crippen molar-refractivity contribution in [1.82, 2.24) is 4.31 Å². The fraction of sp³-hybridized carbons (Fsp3) is 1.00. The van der Waals surface area contributed by atoms with Gasteiger partial charge >= 0.3 is 0 Å². The molecule has 5 heteroatoms. The molecule has 0 unspecified atom stereocenters. The summed E-state index contributed by atoms with van der Waals surface area (Å²) in [7, 11) is -3.12. The van der Waals surface area contributed by atoms with Crippen molar-refractivity contribution in [3.8, 4) is 0 Å². The number of hydrogen-bond donors (Lipinski definition) is 0. The molecule has 0 aromatic carbocycles. The highest BCUT2D eigenvalue weighted by atomic mass is 35.5. The minimum atomic E-state index is -3.12. The maximum atomic E-state index is 11.8. The fourth-order valence-electron chi connectivity index (χ4n) is 1.97. The van der Waals surface area contributed by atoms with Gasteiger partial charge in [0.15, 0.2) is 0 Å². The maximum absolute atomic E-state index is 11.8. The molecule has 0 radical (unpaired) electrons. The first-order valence-corrected chi connectivity index (χ1v) is 9.26. The predicted molar refractivity (Wildman–Crippen MR) is 79.7 cm³/mol. The lowest BCUT2D eigenvalue weighted by Crippen LogP contribution is -2.34. The Morgan fingerprint density at radius 2 is 1.50 bits per heavy atom. The second kappa shape index (κ2) is 11.1. The third-order valence-corrected chi connectivity index (χ3v) is 5.45. The van der Waals surface area contributed by atoms with Gasteiger partial charge in [-0.2, -0.15) is 0 Å². The fourth-order valence-corrected chi connectivity index (χ4v) is 3.80. The van der Waals surface area contributed by atoms with Crippen LogP contribution in [-0.4, -0.2) is 37.4 Å². The van der Waals surface area contributed by atoms with Gasteiger partial charge in [0.2, 0.25) is 10.0 Å². The molecule has 0 saturated heterocycles. The van der Waals surface area contributed by atoms with Crippen molar-refractivity contribution >= 4 is 21.6 Å². The molecule has 0 saturated carbocycles. The zero-order valence-corrected chi connectivity index (χ0v) is 13.4. The monoisotopic (exact) mass is 297 g/mol. The number of nitrogens with zero attached hydrogens (tertiary/aromatic N) is 1. The Morgan fingerprint density at radius 1 is 0.944 bits per heavy atom. The van der Waals surface area contributed by atoms with Crippen LogP contribution in [0.2, 0.25) is 0 Å². The minimum absolute atomic E-state index is 0.0545. The van der Waals surface area contributed by atoms with Crippen molar-refractivity contribution in [1.29, 1.82) is 0 Å². The van der Waals surface area contributed by atoms with Crippen LogP contribution in [0.15, 0.2) is 0 Å². The van der Waals surface area contributed by atoms with Gasteiger partial charge < -0.3 is 0 Å². The quantitative estimate of drug-likeness (QED) is 0.407. The predicted octanol–water partition coefficient (Wildman–Crippen LogP) is 3.63. The first-order valence-electron chi connectivity index (χ1n) is 7.12. The second-order valence-corrected chi connectivity index (χ2v) is 7.08. The molecular formula is C13H28ClNO2S. The Bertz CT molecular complexity index is 281. The van der Waals surface area contributed by atoms with Gasteiger partial charge in [0.05, 0.1) is 5.75 Å². The number of hydrogen-bond acceptors (Lipinski definition) is 2. The first-order chi connectivity index (χ1) is 8.58. The molecule has 3 nitrogen and oxygen atoms in total. The van der Waals surface area contributed by atoms with Crippen LogP contribution in [0.1, 0.15) is 58.8 Å². The van der Waals surface area contributed by atoms with Crippen LogP contribution in [0.5, 0.6) is 0 Å². The Hall–Kier alpha value is 0.200. The van der Waals surface area contributed by atoms with Gasteiger partial charge in [0.25, 0.3) is 0 Å². The minimum Gasteiger partial charge on any atom is -0.212 e. The number of rotatable bonds is 12. The van der Waals surface area contributed by atoms with E-state index in [0.29, 0.717) is 13.1 Å². The van der Waals surface area contributed by atoms with E-state index in [-0.39, 0.29) is 11.6 Å². The van der Waals surface area contributed by atoms with Crippen molar-refractivity contribution in [2.45, 2.75) is 58.8 Å². The summed E-state index contributed by atoms with van der Waals surface area (Å²) in [6.45, 7) is 5.28. The van der Waals surface area contributed by atoms with E-state index in [1.54, 1.807) is 4.31 Å². The molecule has 0 atom stereocenters. The van der Waals surface area contributed by atoms with Crippen LogP contribution in [0.3, 0.4) is 0 Å². The summed E-state index contributed by atoms with van der Waals surface area (Å²) in [4.78, 5) is 0. The largest absolute Gasteiger partial charge is 0.215 e. The van der Waals surface area contributed by atoms with Crippen molar-refractivity contribution in [3.63, 3.8) is 0 Å². The smallest absolute Gasteiger partial charge is 0.212 e. The third-order valence-electron chi connectivity index (χ3n) is 3.09. The molecule has 0 aliphatic rings. The topological polar surface area (TPSA) is 37.4 Å². The molecule has 0 aromatic heterocycles. The molecule has 0 N–H and O–H groups in total. The lowest BCUT2D eigenvalue weighted by Gasteiger charge is -2.19. The highest BCUT2D eigenvalue weighted by Crippen LogP contribution is 2.09. The van der Waals surface area contributed by atoms with Gasteiger partial charge in [0.1, 0.15) is 0 Å². The number of alkyl halides is 1. The third kappa shape index (κ3) is 8.33. The molecule has 0 aromatic rings. The summed E-state index contributed by atoms with van der Waals surface area (Å²) in [5.41, 5.74) is 0. The van der Waals surface area contributed by atoms with E-state index in [1.807, 2.05) is 6.92 Å². The van der Waals surface area contributed by atoms with Crippen LogP contribution >= 0.6 is 11.6 Å². The molecule has 18 heavy (non-hydrogen) atoms. The van der Waals surface area contributed by atoms with Gasteiger partial charge in [-0.25, -0.2) is 12.7 Å². The molecule has 0 fully saturated rings. The van der Waals surface area contributed by atoms with E-state index >= 15 is 0 Å². The summed E-state index contributed by atoms with van der Waals surface area (Å²) < 4.78 is 25.2. The summed E-state index contributed by atoms with van der Waals surface area (Å²) in [5, 5.41) is 0. The molecule has 110 valence electrons. The Labute approximate surface area is 118 Å². The normalized spacial score (nSPS) is 12.2. The summed E-state index contributed by atoms with van der Waals surface area (Å²) >= 11 is 5.51. The van der Waals surface area contributed by atoms with Crippen molar-refractivity contribution < 1.29 is 8.42 Å². The number of unbranched alkanes of at least 4 members (excludes halogenated alkanes) is 6. The number of halogens is 1. The van der Waals surface area contributed by atoms with Crippen LogP contribution in [0, 0.1) is 0 Å². The zero-order chi connectivity index (χ0) is 13.9. The van der Waals surface area contributed by atoms with Crippen LogP contribution in [0.4, 0.5) is 0 Å². The molecule has 0 heterocycles. The maximum Gasteiger partial charge on any atom is 0.215 e. The van der Waals surface area contributed by atoms with Crippen molar-refractivity contribution in [2.75, 3.05) is 24.7 Å². The van der Waals surface area contributed by atoms with E-state index in [2.05, 4.69) is 6.92 Å². The molecule has 0 bridgehead atoms. The van der Waals surface area contributed by atoms with Gasteiger partial charge in [-0.05, 0) is 6.42 Å². The summed E-state index contributed by atoms with van der Waals surface area (Å²) in [6, 6.07) is 0. The lowest BCUT2D eigenvalue weighted by molar-refractivity contribution is 0.412. The van der Waals surface area contributed by atoms with Crippen molar-refractivity contribution in [2.24, 2.45) is 0 Å². The van der Waals surface area contributed by atoms with E-state index in [1.165, 1.54) is 32.1 Å². The Morgan fingerprint density at radius 3 is 2.00 bits per heavy atom. The Kier molecular flexibility index (Phi) is 11.2. The molecule has 0 aliphatic carbocycles. The van der Waals surface area contributed by atoms with Gasteiger partial charge in [0, 0.05) is 19.0 Å². The molecule has 0 rings (SSSR count). The average Bonchev–Trinajstić information content (AvgIpc) is 2.32. The second-order valence-electron chi connectivity index (χ2n) is 4.62. The first kappa shape index (κ1) is 18.2. The van der Waals surface area contributed by atoms with E-state index in [9.17, 15) is 8.42 Å². The van der Waals surface area contributed by atoms with Crippen LogP contribution in [0.25, 0.3) is 0 Å². The molecule has 0 spiro atoms. The standard InChI is InChI=1S/C13H28ClNO2S/c1-3-5-6-7-8-9-10-12-15(4-2)18(16,17)13-11-14/h3-13H2,1-2H3. The summed E-state index contributed by atoms with van der Waals surface area (Å²) in [5.74, 6) is 0.231. The molecule has 0 aliphatic heterocycles. The zero-order valence-electron chi connectivity index (χ0n) is 11.8. The SMILES string of the molecule is CCCCCCCCCN(CC)S(=O)(=O)CCCl. The van der Waals surface area contributed by atoms with E-state index < -0.39 is 10.0 Å². The molecule has 0 amide bonds.